The van der Waals surface area contributed by atoms with E-state index < -0.39 is 29.2 Å². The van der Waals surface area contributed by atoms with Crippen LogP contribution in [0.4, 0.5) is 5.13 Å². The third-order valence-electron chi connectivity index (χ3n) is 5.92. The molecule has 0 saturated carbocycles. The average Bonchev–Trinajstić information content (AvgIpc) is 3.60. The molecule has 1 fully saturated rings. The number of benzene rings is 1. The van der Waals surface area contributed by atoms with Crippen LogP contribution in [-0.2, 0) is 19.2 Å². The third-order valence-corrected chi connectivity index (χ3v) is 10.0. The number of nitrogens with zero attached hydrogens (tertiary/aromatic N) is 4. The number of aliphatic carboxylic acids is 1. The summed E-state index contributed by atoms with van der Waals surface area (Å²) in [6.45, 7) is 1.90. The van der Waals surface area contributed by atoms with E-state index in [2.05, 4.69) is 20.4 Å². The van der Waals surface area contributed by atoms with Gasteiger partial charge in [0.1, 0.15) is 23.7 Å². The molecule has 0 radical (unpaired) electrons. The van der Waals surface area contributed by atoms with Crippen molar-refractivity contribution in [3.05, 3.63) is 45.9 Å². The second-order valence-corrected chi connectivity index (χ2v) is 12.6. The summed E-state index contributed by atoms with van der Waals surface area (Å²) < 4.78 is 0.647. The van der Waals surface area contributed by atoms with E-state index in [1.807, 2.05) is 0 Å². The zero-order valence-electron chi connectivity index (χ0n) is 22.1. The normalized spacial score (nSPS) is 18.2. The van der Waals surface area contributed by atoms with E-state index in [0.29, 0.717) is 26.9 Å². The molecule has 1 saturated heterocycles. The molecule has 5 N–H and O–H groups in total. The number of phenols is 2. The van der Waals surface area contributed by atoms with Crippen LogP contribution in [0, 0.1) is 0 Å². The maximum atomic E-state index is 13.1. The summed E-state index contributed by atoms with van der Waals surface area (Å²) in [6.07, 6.45) is 0. The van der Waals surface area contributed by atoms with Gasteiger partial charge in [-0.15, -0.1) is 34.4 Å². The van der Waals surface area contributed by atoms with Gasteiger partial charge >= 0.3 is 29.6 Å². The van der Waals surface area contributed by atoms with Gasteiger partial charge in [0.25, 0.3) is 11.8 Å². The number of oxime groups is 1. The second-order valence-electron chi connectivity index (χ2n) is 8.52. The quantitative estimate of drug-likeness (QED) is 0.0477. The number of thioether (sulfide) groups is 2. The molecule has 2 aliphatic rings. The van der Waals surface area contributed by atoms with Crippen LogP contribution in [0.1, 0.15) is 12.6 Å². The number of carbonyl (C=O) groups is 3. The fourth-order valence-corrected chi connectivity index (χ4v) is 7.88. The number of aromatic hydroxyl groups is 2. The first-order valence-electron chi connectivity index (χ1n) is 11.9. The SMILES string of the molecule is CCON=C(C(=O)N[C@@H]1C(=O)N2C(C(=O)[O-])=C(CSc3nc(-c4ccc(O)c(O)c4)cs3)CS[C@@H]12)c1csc(N)n1.[Na+]. The minimum atomic E-state index is -1.49. The Labute approximate surface area is 277 Å². The number of nitrogens with one attached hydrogen (secondary N) is 1. The summed E-state index contributed by atoms with van der Waals surface area (Å²) in [6, 6.07) is 3.40. The van der Waals surface area contributed by atoms with Gasteiger partial charge in [0.2, 0.25) is 0 Å². The first-order chi connectivity index (χ1) is 19.7. The van der Waals surface area contributed by atoms with E-state index in [4.69, 9.17) is 10.6 Å². The number of hydrogen-bond acceptors (Lipinski definition) is 15. The third kappa shape index (κ3) is 6.56. The van der Waals surface area contributed by atoms with Crippen molar-refractivity contribution in [2.45, 2.75) is 22.7 Å². The van der Waals surface area contributed by atoms with Gasteiger partial charge in [-0.25, -0.2) is 9.97 Å². The number of carboxylic acid groups (broad SMARTS) is 1. The van der Waals surface area contributed by atoms with Gasteiger partial charge in [-0.2, -0.15) is 0 Å². The summed E-state index contributed by atoms with van der Waals surface area (Å²) in [5.74, 6) is -2.74. The number of amides is 2. The topological polar surface area (TPSA) is 203 Å². The summed E-state index contributed by atoms with van der Waals surface area (Å²) in [5, 5.41) is 40.7. The number of hydrogen-bond donors (Lipinski definition) is 4. The number of fused-ring (bicyclic) bond motifs is 1. The molecule has 214 valence electrons. The summed E-state index contributed by atoms with van der Waals surface area (Å²) in [7, 11) is 0. The number of carboxylic acids is 1. The predicted molar refractivity (Wildman–Crippen MR) is 153 cm³/mol. The summed E-state index contributed by atoms with van der Waals surface area (Å²) in [4.78, 5) is 52.9. The van der Waals surface area contributed by atoms with Crippen molar-refractivity contribution >= 4 is 74.8 Å². The summed E-state index contributed by atoms with van der Waals surface area (Å²) in [5.41, 5.74) is 7.20. The molecule has 2 aliphatic heterocycles. The van der Waals surface area contributed by atoms with Crippen molar-refractivity contribution < 1.29 is 64.1 Å². The van der Waals surface area contributed by atoms with Crippen molar-refractivity contribution in [3.63, 3.8) is 0 Å². The number of β-lactam (4-membered cyclic amide) rings is 1. The molecule has 4 heterocycles. The molecule has 0 unspecified atom stereocenters. The van der Waals surface area contributed by atoms with Gasteiger partial charge < -0.3 is 36.0 Å². The number of nitrogens with two attached hydrogens (primary N) is 1. The number of aromatic nitrogens is 2. The van der Waals surface area contributed by atoms with Crippen molar-refractivity contribution in [2.24, 2.45) is 5.16 Å². The van der Waals surface area contributed by atoms with E-state index in [1.54, 1.807) is 18.4 Å². The van der Waals surface area contributed by atoms with Gasteiger partial charge in [-0.05, 0) is 30.7 Å². The Kier molecular flexibility index (Phi) is 10.4. The Morgan fingerprint density at radius 3 is 2.71 bits per heavy atom. The molecule has 2 aromatic heterocycles. The molecule has 2 atom stereocenters. The first kappa shape index (κ1) is 32.1. The Morgan fingerprint density at radius 1 is 1.26 bits per heavy atom. The van der Waals surface area contributed by atoms with Gasteiger partial charge in [0.15, 0.2) is 26.7 Å². The van der Waals surface area contributed by atoms with Gasteiger partial charge in [-0.1, -0.05) is 16.9 Å². The van der Waals surface area contributed by atoms with Gasteiger partial charge in [0, 0.05) is 27.8 Å². The van der Waals surface area contributed by atoms with Crippen LogP contribution >= 0.6 is 46.2 Å². The molecule has 0 spiro atoms. The predicted octanol–water partition coefficient (Wildman–Crippen LogP) is -1.80. The fraction of sp³-hybridized carbons (Fsp3) is 0.250. The molecule has 3 aromatic rings. The fourth-order valence-electron chi connectivity index (χ4n) is 4.01. The zero-order chi connectivity index (χ0) is 29.3. The number of thiazole rings is 2. The number of phenolic OH excluding ortho intramolecular Hbond substituents is 2. The van der Waals surface area contributed by atoms with E-state index in [0.717, 1.165) is 16.2 Å². The van der Waals surface area contributed by atoms with Crippen LogP contribution in [-0.4, -0.2) is 78.1 Å². The monoisotopic (exact) mass is 656 g/mol. The molecule has 5 rings (SSSR count). The van der Waals surface area contributed by atoms with Crippen LogP contribution in [0.2, 0.25) is 0 Å². The number of anilines is 1. The molecule has 0 aliphatic carbocycles. The Morgan fingerprint density at radius 2 is 2.05 bits per heavy atom. The van der Waals surface area contributed by atoms with Crippen molar-refractivity contribution in [2.75, 3.05) is 23.8 Å². The van der Waals surface area contributed by atoms with Crippen molar-refractivity contribution in [1.82, 2.24) is 20.2 Å². The van der Waals surface area contributed by atoms with E-state index >= 15 is 0 Å². The van der Waals surface area contributed by atoms with Crippen LogP contribution < -0.4 is 45.7 Å². The van der Waals surface area contributed by atoms with E-state index in [1.165, 1.54) is 52.4 Å². The Bertz CT molecular complexity index is 1590. The Hall–Kier alpha value is -2.80. The van der Waals surface area contributed by atoms with Crippen LogP contribution in [0.25, 0.3) is 11.3 Å². The van der Waals surface area contributed by atoms with Crippen LogP contribution in [0.15, 0.2) is 49.7 Å². The molecular weight excluding hydrogens is 636 g/mol. The van der Waals surface area contributed by atoms with Crippen molar-refractivity contribution in [1.29, 1.82) is 0 Å². The first-order valence-corrected chi connectivity index (χ1v) is 15.7. The van der Waals surface area contributed by atoms with E-state index in [-0.39, 0.29) is 75.7 Å². The van der Waals surface area contributed by atoms with Gasteiger partial charge in [-0.3, -0.25) is 14.5 Å². The number of rotatable bonds is 10. The molecule has 0 bridgehead atoms. The average molecular weight is 657 g/mol. The maximum Gasteiger partial charge on any atom is 1.00 e. The zero-order valence-corrected chi connectivity index (χ0v) is 27.4. The molecule has 1 aromatic carbocycles. The van der Waals surface area contributed by atoms with E-state index in [9.17, 15) is 29.7 Å². The standard InChI is InChI=1S/C24H22N6O7S4.Na/c1-2-37-29-16(13-9-39-23(25)26-13)19(33)28-17-20(34)30-18(22(35)36)11(6-38-21(17)30)7-40-24-27-12(8-41-24)10-3-4-14(31)15(32)5-10;/h3-5,8-9,17,21,31-32H,2,6-7H2,1H3,(H2,25,26)(H,28,33)(H,35,36);/q;+1/p-1/t17-,21+;/m1./s1. The molecular formula is C24H21N6NaO7S4. The second kappa shape index (κ2) is 13.7. The van der Waals surface area contributed by atoms with Crippen molar-refractivity contribution in [3.8, 4) is 22.8 Å². The minimum Gasteiger partial charge on any atom is -0.543 e. The van der Waals surface area contributed by atoms with Crippen LogP contribution in [0.3, 0.4) is 0 Å². The largest absolute Gasteiger partial charge is 1.00 e. The molecule has 42 heavy (non-hydrogen) atoms. The molecule has 2 amide bonds. The molecule has 18 heteroatoms. The Balaban J connectivity index is 0.00000405. The van der Waals surface area contributed by atoms with Gasteiger partial charge in [0.05, 0.1) is 17.4 Å². The number of nitrogen functional groups attached to an aromatic ring is 1. The minimum absolute atomic E-state index is 0. The molecule has 13 nitrogen and oxygen atoms in total. The van der Waals surface area contributed by atoms with Crippen LogP contribution in [0.5, 0.6) is 11.5 Å². The number of carbonyl (C=O) groups excluding carboxylic acids is 3. The smallest absolute Gasteiger partial charge is 0.543 e. The maximum absolute atomic E-state index is 13.1. The summed E-state index contributed by atoms with van der Waals surface area (Å²) >= 11 is 5.08.